The predicted molar refractivity (Wildman–Crippen MR) is 33.6 cm³/mol. The number of carbonyl (C=O) groups excluding carboxylic acids is 1. The van der Waals surface area contributed by atoms with Gasteiger partial charge in [-0.25, -0.2) is 4.39 Å². The number of likely N-dealkylation sites (N-methyl/N-ethyl adjacent to an activating group) is 1. The van der Waals surface area contributed by atoms with Crippen LogP contribution in [0.3, 0.4) is 0 Å². The first kappa shape index (κ1) is 8.14. The molecule has 1 amide bonds. The first-order valence-electron chi connectivity index (χ1n) is 2.58. The van der Waals surface area contributed by atoms with E-state index in [1.807, 2.05) is 0 Å². The second-order valence-electron chi connectivity index (χ2n) is 1.99. The quantitative estimate of drug-likeness (QED) is 0.485. The van der Waals surface area contributed by atoms with Crippen molar-refractivity contribution in [1.82, 2.24) is 4.90 Å². The maximum Gasteiger partial charge on any atom is 0.251 e. The Labute approximate surface area is 54.0 Å². The summed E-state index contributed by atoms with van der Waals surface area (Å²) in [5, 5.41) is 0. The van der Waals surface area contributed by atoms with Gasteiger partial charge in [0.2, 0.25) is 0 Å². The number of nitrogens with zero attached hydrogens (tertiary/aromatic N) is 1. The highest BCUT2D eigenvalue weighted by Crippen LogP contribution is 1.95. The van der Waals surface area contributed by atoms with Crippen molar-refractivity contribution < 1.29 is 9.18 Å². The Balaban J connectivity index is 4.06. The van der Waals surface area contributed by atoms with Crippen LogP contribution in [-0.2, 0) is 4.79 Å². The molecule has 0 aliphatic carbocycles. The maximum atomic E-state index is 11.6. The molecule has 0 saturated heterocycles. The fourth-order valence-corrected chi connectivity index (χ4v) is 0.399. The normalized spacial score (nSPS) is 11.3. The van der Waals surface area contributed by atoms with Crippen LogP contribution in [0.1, 0.15) is 6.92 Å². The van der Waals surface area contributed by atoms with Crippen LogP contribution in [0.15, 0.2) is 11.9 Å². The number of rotatable bonds is 1. The highest BCUT2D eigenvalue weighted by atomic mass is 19.1. The summed E-state index contributed by atoms with van der Waals surface area (Å²) in [6.45, 7) is 1.43. The molecule has 0 aromatic carbocycles. The molecular weight excluding hydrogens is 121 g/mol. The van der Waals surface area contributed by atoms with E-state index < -0.39 is 0 Å². The molecule has 0 aliphatic heterocycles. The topological polar surface area (TPSA) is 20.3 Å². The van der Waals surface area contributed by atoms with Crippen molar-refractivity contribution in [2.24, 2.45) is 0 Å². The molecule has 52 valence electrons. The van der Waals surface area contributed by atoms with Gasteiger partial charge >= 0.3 is 0 Å². The molecular formula is C6H10FNO. The van der Waals surface area contributed by atoms with E-state index in [4.69, 9.17) is 0 Å². The molecule has 0 radical (unpaired) electrons. The van der Waals surface area contributed by atoms with Crippen molar-refractivity contribution in [2.45, 2.75) is 6.92 Å². The Morgan fingerprint density at radius 2 is 2.00 bits per heavy atom. The Morgan fingerprint density at radius 3 is 2.11 bits per heavy atom. The van der Waals surface area contributed by atoms with E-state index in [2.05, 4.69) is 0 Å². The van der Waals surface area contributed by atoms with Gasteiger partial charge < -0.3 is 4.90 Å². The van der Waals surface area contributed by atoms with Crippen LogP contribution < -0.4 is 0 Å². The van der Waals surface area contributed by atoms with Gasteiger partial charge in [-0.2, -0.15) is 0 Å². The molecule has 2 nitrogen and oxygen atoms in total. The van der Waals surface area contributed by atoms with E-state index in [1.54, 1.807) is 14.1 Å². The second-order valence-corrected chi connectivity index (χ2v) is 1.99. The number of hydrogen-bond donors (Lipinski definition) is 0. The van der Waals surface area contributed by atoms with Crippen LogP contribution in [0, 0.1) is 0 Å². The molecule has 3 heteroatoms. The molecule has 0 unspecified atom stereocenters. The van der Waals surface area contributed by atoms with E-state index in [9.17, 15) is 9.18 Å². The summed E-state index contributed by atoms with van der Waals surface area (Å²) in [5.41, 5.74) is 0.125. The van der Waals surface area contributed by atoms with Crippen molar-refractivity contribution in [3.05, 3.63) is 11.9 Å². The summed E-state index contributed by atoms with van der Waals surface area (Å²) in [7, 11) is 3.16. The zero-order chi connectivity index (χ0) is 7.44. The third-order valence-corrected chi connectivity index (χ3v) is 0.907. The number of carbonyl (C=O) groups is 1. The molecule has 0 saturated carbocycles. The van der Waals surface area contributed by atoms with E-state index in [0.29, 0.717) is 6.33 Å². The van der Waals surface area contributed by atoms with Crippen LogP contribution in [0.4, 0.5) is 4.39 Å². The van der Waals surface area contributed by atoms with Crippen LogP contribution >= 0.6 is 0 Å². The predicted octanol–water partition coefficient (Wildman–Crippen LogP) is 0.948. The summed E-state index contributed by atoms with van der Waals surface area (Å²) < 4.78 is 11.6. The highest BCUT2D eigenvalue weighted by Gasteiger charge is 2.04. The monoisotopic (exact) mass is 131 g/mol. The van der Waals surface area contributed by atoms with Crippen molar-refractivity contribution in [3.8, 4) is 0 Å². The van der Waals surface area contributed by atoms with Gasteiger partial charge in [0.15, 0.2) is 0 Å². The van der Waals surface area contributed by atoms with E-state index in [1.165, 1.54) is 11.8 Å². The smallest absolute Gasteiger partial charge is 0.251 e. The molecule has 0 aliphatic rings. The Bertz CT molecular complexity index is 140. The molecule has 0 aromatic rings. The summed E-state index contributed by atoms with van der Waals surface area (Å²) in [5.74, 6) is -0.294. The molecule has 0 spiro atoms. The zero-order valence-electron chi connectivity index (χ0n) is 5.81. The van der Waals surface area contributed by atoms with E-state index >= 15 is 0 Å². The standard InChI is InChI=1S/C6H10FNO/c1-5(4-7)6(9)8(2)3/h4H,1-3H3. The lowest BCUT2D eigenvalue weighted by Crippen LogP contribution is -2.22. The molecule has 0 heterocycles. The van der Waals surface area contributed by atoms with Crippen molar-refractivity contribution >= 4 is 5.91 Å². The molecule has 0 aromatic heterocycles. The van der Waals surface area contributed by atoms with Crippen LogP contribution in [0.25, 0.3) is 0 Å². The molecule has 0 N–H and O–H groups in total. The van der Waals surface area contributed by atoms with Crippen molar-refractivity contribution in [2.75, 3.05) is 14.1 Å². The summed E-state index contributed by atoms with van der Waals surface area (Å²) in [6, 6.07) is 0. The number of halogens is 1. The zero-order valence-corrected chi connectivity index (χ0v) is 5.81. The maximum absolute atomic E-state index is 11.6. The third-order valence-electron chi connectivity index (χ3n) is 0.907. The molecule has 0 bridgehead atoms. The van der Waals surface area contributed by atoms with Gasteiger partial charge in [-0.15, -0.1) is 0 Å². The summed E-state index contributed by atoms with van der Waals surface area (Å²) >= 11 is 0. The van der Waals surface area contributed by atoms with Gasteiger partial charge in [-0.3, -0.25) is 4.79 Å². The van der Waals surface area contributed by atoms with Gasteiger partial charge in [-0.05, 0) is 6.92 Å². The summed E-state index contributed by atoms with van der Waals surface area (Å²) in [6.07, 6.45) is 0.308. The summed E-state index contributed by atoms with van der Waals surface area (Å²) in [4.78, 5) is 12.0. The highest BCUT2D eigenvalue weighted by molar-refractivity contribution is 5.92. The SMILES string of the molecule is CC(=CF)C(=O)N(C)C. The Kier molecular flexibility index (Phi) is 2.91. The number of amides is 1. The van der Waals surface area contributed by atoms with Gasteiger partial charge in [-0.1, -0.05) is 0 Å². The molecule has 0 fully saturated rings. The largest absolute Gasteiger partial charge is 0.345 e. The van der Waals surface area contributed by atoms with Gasteiger partial charge in [0.1, 0.15) is 0 Å². The van der Waals surface area contributed by atoms with Gasteiger partial charge in [0, 0.05) is 19.7 Å². The minimum absolute atomic E-state index is 0.125. The lowest BCUT2D eigenvalue weighted by molar-refractivity contribution is -0.124. The average Bonchev–Trinajstić information content (AvgIpc) is 1.84. The fraction of sp³-hybridized carbons (Fsp3) is 0.500. The first-order chi connectivity index (χ1) is 4.09. The molecule has 0 rings (SSSR count). The fourth-order valence-electron chi connectivity index (χ4n) is 0.399. The Hall–Kier alpha value is -0.860. The molecule has 9 heavy (non-hydrogen) atoms. The van der Waals surface area contributed by atoms with Gasteiger partial charge in [0.05, 0.1) is 6.33 Å². The first-order valence-corrected chi connectivity index (χ1v) is 2.58. The number of hydrogen-bond acceptors (Lipinski definition) is 1. The van der Waals surface area contributed by atoms with Crippen LogP contribution in [-0.4, -0.2) is 24.9 Å². The van der Waals surface area contributed by atoms with E-state index in [-0.39, 0.29) is 11.5 Å². The molecule has 0 atom stereocenters. The Morgan fingerprint density at radius 1 is 1.56 bits per heavy atom. The second kappa shape index (κ2) is 3.22. The van der Waals surface area contributed by atoms with Crippen LogP contribution in [0.2, 0.25) is 0 Å². The van der Waals surface area contributed by atoms with Crippen LogP contribution in [0.5, 0.6) is 0 Å². The van der Waals surface area contributed by atoms with Crippen molar-refractivity contribution in [3.63, 3.8) is 0 Å². The van der Waals surface area contributed by atoms with Crippen molar-refractivity contribution in [1.29, 1.82) is 0 Å². The minimum atomic E-state index is -0.294. The lowest BCUT2D eigenvalue weighted by Gasteiger charge is -2.08. The lowest BCUT2D eigenvalue weighted by atomic mass is 10.3. The van der Waals surface area contributed by atoms with E-state index in [0.717, 1.165) is 0 Å². The third kappa shape index (κ3) is 2.26. The average molecular weight is 131 g/mol. The minimum Gasteiger partial charge on any atom is -0.345 e. The van der Waals surface area contributed by atoms with Gasteiger partial charge in [0.25, 0.3) is 5.91 Å².